The lowest BCUT2D eigenvalue weighted by molar-refractivity contribution is -0.00181. The van der Waals surface area contributed by atoms with Gasteiger partial charge in [-0.25, -0.2) is 0 Å². The average molecular weight is 169 g/mol. The van der Waals surface area contributed by atoms with Crippen LogP contribution in [0.3, 0.4) is 0 Å². The average Bonchev–Trinajstić information content (AvgIpc) is 2.59. The van der Waals surface area contributed by atoms with Gasteiger partial charge in [-0.05, 0) is 45.2 Å². The summed E-state index contributed by atoms with van der Waals surface area (Å²) in [4.78, 5) is 2.55. The Bertz CT molecular complexity index is 126. The van der Waals surface area contributed by atoms with Crippen LogP contribution in [0.15, 0.2) is 0 Å². The van der Waals surface area contributed by atoms with E-state index in [-0.39, 0.29) is 0 Å². The summed E-state index contributed by atoms with van der Waals surface area (Å²) in [7, 11) is 0. The zero-order valence-corrected chi connectivity index (χ0v) is 7.80. The fourth-order valence-electron chi connectivity index (χ4n) is 2.20. The number of likely N-dealkylation sites (tertiary alicyclic amines) is 1. The van der Waals surface area contributed by atoms with Gasteiger partial charge in [0.2, 0.25) is 0 Å². The summed E-state index contributed by atoms with van der Waals surface area (Å²) in [5.41, 5.74) is 0. The molecule has 1 unspecified atom stereocenters. The fraction of sp³-hybridized carbons (Fsp3) is 1.00. The van der Waals surface area contributed by atoms with Crippen molar-refractivity contribution < 1.29 is 4.74 Å². The second kappa shape index (κ2) is 4.24. The van der Waals surface area contributed by atoms with Crippen molar-refractivity contribution in [3.63, 3.8) is 0 Å². The second-order valence-corrected chi connectivity index (χ2v) is 4.00. The van der Waals surface area contributed by atoms with Gasteiger partial charge < -0.3 is 9.64 Å². The van der Waals surface area contributed by atoms with Crippen LogP contribution in [0.5, 0.6) is 0 Å². The first-order chi connectivity index (χ1) is 5.95. The Balaban J connectivity index is 1.69. The minimum absolute atomic E-state index is 0.553. The van der Waals surface area contributed by atoms with E-state index in [2.05, 4.69) is 4.90 Å². The van der Waals surface area contributed by atoms with Gasteiger partial charge in [0.15, 0.2) is 0 Å². The van der Waals surface area contributed by atoms with Crippen molar-refractivity contribution in [3.8, 4) is 0 Å². The standard InChI is InChI=1S/C10H19NO/c1-4-8-12-10(5-1)9-11-6-2-3-7-11/h10H,1-9H2. The molecule has 2 saturated heterocycles. The van der Waals surface area contributed by atoms with E-state index in [1.807, 2.05) is 0 Å². The molecular formula is C10H19NO. The molecule has 0 amide bonds. The Morgan fingerprint density at radius 1 is 1.08 bits per heavy atom. The first-order valence-electron chi connectivity index (χ1n) is 5.29. The Labute approximate surface area is 74.9 Å². The fourth-order valence-corrected chi connectivity index (χ4v) is 2.20. The molecule has 0 saturated carbocycles. The summed E-state index contributed by atoms with van der Waals surface area (Å²) in [6.07, 6.45) is 7.28. The number of nitrogens with zero attached hydrogens (tertiary/aromatic N) is 1. The molecule has 0 N–H and O–H groups in total. The molecule has 0 aromatic carbocycles. The molecule has 2 aliphatic rings. The van der Waals surface area contributed by atoms with Crippen molar-refractivity contribution >= 4 is 0 Å². The van der Waals surface area contributed by atoms with E-state index in [0.717, 1.165) is 6.61 Å². The molecule has 2 nitrogen and oxygen atoms in total. The van der Waals surface area contributed by atoms with Gasteiger partial charge in [0.1, 0.15) is 0 Å². The van der Waals surface area contributed by atoms with E-state index in [4.69, 9.17) is 4.74 Å². The van der Waals surface area contributed by atoms with Crippen molar-refractivity contribution in [2.24, 2.45) is 0 Å². The molecular weight excluding hydrogens is 150 g/mol. The monoisotopic (exact) mass is 169 g/mol. The first-order valence-corrected chi connectivity index (χ1v) is 5.29. The summed E-state index contributed by atoms with van der Waals surface area (Å²) >= 11 is 0. The highest BCUT2D eigenvalue weighted by molar-refractivity contribution is 4.72. The van der Waals surface area contributed by atoms with E-state index in [0.29, 0.717) is 6.10 Å². The predicted molar refractivity (Wildman–Crippen MR) is 49.3 cm³/mol. The quantitative estimate of drug-likeness (QED) is 0.623. The van der Waals surface area contributed by atoms with Gasteiger partial charge in [-0.3, -0.25) is 0 Å². The molecule has 0 aliphatic carbocycles. The van der Waals surface area contributed by atoms with E-state index in [1.165, 1.54) is 51.7 Å². The molecule has 1 atom stereocenters. The maximum absolute atomic E-state index is 5.70. The van der Waals surface area contributed by atoms with Crippen LogP contribution in [-0.4, -0.2) is 37.2 Å². The normalized spacial score (nSPS) is 32.5. The molecule has 0 spiro atoms. The smallest absolute Gasteiger partial charge is 0.0702 e. The van der Waals surface area contributed by atoms with Gasteiger partial charge in [0.05, 0.1) is 6.10 Å². The van der Waals surface area contributed by atoms with Crippen LogP contribution in [0, 0.1) is 0 Å². The minimum atomic E-state index is 0.553. The van der Waals surface area contributed by atoms with Crippen LogP contribution in [0.4, 0.5) is 0 Å². The number of hydrogen-bond donors (Lipinski definition) is 0. The second-order valence-electron chi connectivity index (χ2n) is 4.00. The van der Waals surface area contributed by atoms with E-state index < -0.39 is 0 Å². The van der Waals surface area contributed by atoms with Crippen LogP contribution in [0.25, 0.3) is 0 Å². The highest BCUT2D eigenvalue weighted by Gasteiger charge is 2.19. The van der Waals surface area contributed by atoms with Gasteiger partial charge in [-0.1, -0.05) is 0 Å². The minimum Gasteiger partial charge on any atom is -0.377 e. The Morgan fingerprint density at radius 2 is 1.92 bits per heavy atom. The molecule has 0 aromatic heterocycles. The van der Waals surface area contributed by atoms with Gasteiger partial charge in [-0.2, -0.15) is 0 Å². The van der Waals surface area contributed by atoms with Crippen LogP contribution < -0.4 is 0 Å². The lowest BCUT2D eigenvalue weighted by atomic mass is 10.1. The van der Waals surface area contributed by atoms with E-state index in [9.17, 15) is 0 Å². The third-order valence-corrected chi connectivity index (χ3v) is 2.93. The maximum Gasteiger partial charge on any atom is 0.0702 e. The van der Waals surface area contributed by atoms with Crippen molar-refractivity contribution in [1.29, 1.82) is 0 Å². The van der Waals surface area contributed by atoms with Crippen molar-refractivity contribution in [3.05, 3.63) is 0 Å². The SMILES string of the molecule is C1CCC(CN2CCCC2)OC1. The molecule has 2 rings (SSSR count). The Morgan fingerprint density at radius 3 is 2.58 bits per heavy atom. The van der Waals surface area contributed by atoms with Gasteiger partial charge >= 0.3 is 0 Å². The number of hydrogen-bond acceptors (Lipinski definition) is 2. The van der Waals surface area contributed by atoms with Gasteiger partial charge in [0.25, 0.3) is 0 Å². The molecule has 2 fully saturated rings. The lowest BCUT2D eigenvalue weighted by Gasteiger charge is -2.26. The Hall–Kier alpha value is -0.0800. The highest BCUT2D eigenvalue weighted by Crippen LogP contribution is 2.16. The van der Waals surface area contributed by atoms with Gasteiger partial charge in [-0.15, -0.1) is 0 Å². The molecule has 12 heavy (non-hydrogen) atoms. The lowest BCUT2D eigenvalue weighted by Crippen LogP contribution is -2.33. The zero-order chi connectivity index (χ0) is 8.23. The largest absolute Gasteiger partial charge is 0.377 e. The Kier molecular flexibility index (Phi) is 3.01. The highest BCUT2D eigenvalue weighted by atomic mass is 16.5. The van der Waals surface area contributed by atoms with E-state index in [1.54, 1.807) is 0 Å². The number of rotatable bonds is 2. The molecule has 0 bridgehead atoms. The molecule has 2 heterocycles. The summed E-state index contributed by atoms with van der Waals surface area (Å²) in [6, 6.07) is 0. The van der Waals surface area contributed by atoms with Gasteiger partial charge in [0, 0.05) is 13.2 Å². The summed E-state index contributed by atoms with van der Waals surface area (Å²) < 4.78 is 5.70. The third kappa shape index (κ3) is 2.20. The predicted octanol–water partition coefficient (Wildman–Crippen LogP) is 1.65. The van der Waals surface area contributed by atoms with Crippen molar-refractivity contribution in [1.82, 2.24) is 4.90 Å². The molecule has 2 aliphatic heterocycles. The molecule has 2 heteroatoms. The summed E-state index contributed by atoms with van der Waals surface area (Å²) in [5.74, 6) is 0. The van der Waals surface area contributed by atoms with Crippen LogP contribution >= 0.6 is 0 Å². The topological polar surface area (TPSA) is 12.5 Å². The first kappa shape index (κ1) is 8.52. The van der Waals surface area contributed by atoms with Crippen LogP contribution in [0.1, 0.15) is 32.1 Å². The molecule has 70 valence electrons. The van der Waals surface area contributed by atoms with Crippen molar-refractivity contribution in [2.75, 3.05) is 26.2 Å². The number of ether oxygens (including phenoxy) is 1. The summed E-state index contributed by atoms with van der Waals surface area (Å²) in [5, 5.41) is 0. The van der Waals surface area contributed by atoms with Crippen molar-refractivity contribution in [2.45, 2.75) is 38.2 Å². The van der Waals surface area contributed by atoms with Crippen LogP contribution in [-0.2, 0) is 4.74 Å². The van der Waals surface area contributed by atoms with Crippen LogP contribution in [0.2, 0.25) is 0 Å². The molecule has 0 aromatic rings. The summed E-state index contributed by atoms with van der Waals surface area (Å²) in [6.45, 7) is 4.80. The third-order valence-electron chi connectivity index (χ3n) is 2.93. The maximum atomic E-state index is 5.70. The van der Waals surface area contributed by atoms with E-state index >= 15 is 0 Å². The molecule has 0 radical (unpaired) electrons. The zero-order valence-electron chi connectivity index (χ0n) is 7.80.